The predicted molar refractivity (Wildman–Crippen MR) is 198 cm³/mol. The third-order valence-corrected chi connectivity index (χ3v) is 14.1. The summed E-state index contributed by atoms with van der Waals surface area (Å²) < 4.78 is 5.67. The Labute approximate surface area is 312 Å². The van der Waals surface area contributed by atoms with Crippen LogP contribution < -0.4 is 32.1 Å². The molecular formula is C37H60N8O6S. The van der Waals surface area contributed by atoms with Crippen LogP contribution in [0.15, 0.2) is 12.2 Å². The summed E-state index contributed by atoms with van der Waals surface area (Å²) in [5, 5.41) is 25.3. The molecule has 8 atom stereocenters. The number of hydrazine groups is 2. The fourth-order valence-electron chi connectivity index (χ4n) is 9.64. The summed E-state index contributed by atoms with van der Waals surface area (Å²) >= 11 is 1.92. The smallest absolute Gasteiger partial charge is 0.330 e. The van der Waals surface area contributed by atoms with Crippen molar-refractivity contribution < 1.29 is 29.0 Å². The molecule has 290 valence electrons. The molecule has 4 amide bonds. The Morgan fingerprint density at radius 1 is 0.962 bits per heavy atom. The Hall–Kier alpha value is -2.43. The number of hydrogen-bond acceptors (Lipinski definition) is 10. The third kappa shape index (κ3) is 8.44. The minimum Gasteiger partial charge on any atom is -0.479 e. The SMILES string of the molecule is COC1CCC(C2NN([C@@H]3C[C@H]4C(=O)N[C@]5(C(=O)O)C[C@H]5/C=C\CCCCC[C@H](NC(=O)NC5CCCCC5)C(=O)N4C3)NC2C2NCCS2)CC1. The average molecular weight is 745 g/mol. The molecule has 3 saturated carbocycles. The van der Waals surface area contributed by atoms with Gasteiger partial charge in [-0.05, 0) is 76.5 Å². The van der Waals surface area contributed by atoms with Crippen LogP contribution in [0.1, 0.15) is 103 Å². The topological polar surface area (TPSA) is 176 Å². The lowest BCUT2D eigenvalue weighted by Crippen LogP contribution is -2.57. The highest BCUT2D eigenvalue weighted by molar-refractivity contribution is 8.00. The van der Waals surface area contributed by atoms with E-state index in [1.54, 1.807) is 12.0 Å². The van der Waals surface area contributed by atoms with Gasteiger partial charge in [0.1, 0.15) is 17.6 Å². The van der Waals surface area contributed by atoms with Gasteiger partial charge in [0.15, 0.2) is 0 Å². The summed E-state index contributed by atoms with van der Waals surface area (Å²) in [6.45, 7) is 1.22. The summed E-state index contributed by atoms with van der Waals surface area (Å²) in [6, 6.07) is -1.90. The first-order valence-corrected chi connectivity index (χ1v) is 21.1. The van der Waals surface area contributed by atoms with Gasteiger partial charge in [-0.2, -0.15) is 5.12 Å². The van der Waals surface area contributed by atoms with Crippen LogP contribution in [0.2, 0.25) is 0 Å². The van der Waals surface area contributed by atoms with Crippen molar-refractivity contribution in [3.05, 3.63) is 12.2 Å². The summed E-state index contributed by atoms with van der Waals surface area (Å²) in [6.07, 6.45) is 18.1. The van der Waals surface area contributed by atoms with Crippen molar-refractivity contribution in [3.63, 3.8) is 0 Å². The Morgan fingerprint density at radius 2 is 1.71 bits per heavy atom. The van der Waals surface area contributed by atoms with Gasteiger partial charge in [0.05, 0.1) is 23.6 Å². The van der Waals surface area contributed by atoms with Crippen LogP contribution in [0.4, 0.5) is 4.79 Å². The van der Waals surface area contributed by atoms with Crippen LogP contribution in [0.3, 0.4) is 0 Å². The van der Waals surface area contributed by atoms with E-state index >= 15 is 0 Å². The summed E-state index contributed by atoms with van der Waals surface area (Å²) in [5.74, 6) is -0.586. The maximum atomic E-state index is 14.6. The van der Waals surface area contributed by atoms with E-state index in [0.29, 0.717) is 31.3 Å². The molecule has 3 unspecified atom stereocenters. The lowest BCUT2D eigenvalue weighted by atomic mass is 9.80. The van der Waals surface area contributed by atoms with Gasteiger partial charge < -0.3 is 36.0 Å². The van der Waals surface area contributed by atoms with Crippen molar-refractivity contribution in [2.75, 3.05) is 26.0 Å². The van der Waals surface area contributed by atoms with Crippen molar-refractivity contribution in [1.29, 1.82) is 0 Å². The molecule has 3 aliphatic carbocycles. The summed E-state index contributed by atoms with van der Waals surface area (Å²) in [7, 11) is 1.79. The lowest BCUT2D eigenvalue weighted by molar-refractivity contribution is -0.145. The van der Waals surface area contributed by atoms with E-state index in [9.17, 15) is 24.3 Å². The van der Waals surface area contributed by atoms with Crippen LogP contribution in [0.25, 0.3) is 0 Å². The summed E-state index contributed by atoms with van der Waals surface area (Å²) in [5.41, 5.74) is 6.21. The maximum absolute atomic E-state index is 14.6. The monoisotopic (exact) mass is 744 g/mol. The van der Waals surface area contributed by atoms with Crippen molar-refractivity contribution >= 4 is 35.6 Å². The molecular weight excluding hydrogens is 685 g/mol. The second-order valence-electron chi connectivity index (χ2n) is 16.2. The second kappa shape index (κ2) is 16.9. The number of ether oxygens (including phenoxy) is 1. The minimum absolute atomic E-state index is 0.0940. The maximum Gasteiger partial charge on any atom is 0.330 e. The molecule has 0 spiro atoms. The molecule has 4 heterocycles. The number of amides is 4. The van der Waals surface area contributed by atoms with Crippen molar-refractivity contribution in [1.82, 2.24) is 42.1 Å². The molecule has 7 aliphatic rings. The van der Waals surface area contributed by atoms with Crippen LogP contribution in [0.5, 0.6) is 0 Å². The normalized spacial score (nSPS) is 40.2. The van der Waals surface area contributed by atoms with E-state index < -0.39 is 29.5 Å². The molecule has 52 heavy (non-hydrogen) atoms. The van der Waals surface area contributed by atoms with Crippen molar-refractivity contribution in [2.45, 2.75) is 156 Å². The number of rotatable bonds is 7. The molecule has 7 N–H and O–H groups in total. The highest BCUT2D eigenvalue weighted by Gasteiger charge is 2.61. The van der Waals surface area contributed by atoms with E-state index in [1.165, 1.54) is 6.42 Å². The van der Waals surface area contributed by atoms with Gasteiger partial charge in [0.2, 0.25) is 11.8 Å². The number of nitrogens with one attached hydrogen (secondary N) is 6. The van der Waals surface area contributed by atoms with E-state index in [4.69, 9.17) is 4.74 Å². The molecule has 0 aromatic rings. The van der Waals surface area contributed by atoms with Crippen molar-refractivity contribution in [2.24, 2.45) is 11.8 Å². The fourth-order valence-corrected chi connectivity index (χ4v) is 10.8. The van der Waals surface area contributed by atoms with E-state index in [0.717, 1.165) is 89.3 Å². The Kier molecular flexibility index (Phi) is 12.3. The molecule has 3 saturated heterocycles. The zero-order chi connectivity index (χ0) is 36.2. The Bertz CT molecular complexity index is 1320. The van der Waals surface area contributed by atoms with Gasteiger partial charge in [0, 0.05) is 44.0 Å². The zero-order valence-electron chi connectivity index (χ0n) is 30.7. The number of carbonyl (C=O) groups is 4. The van der Waals surface area contributed by atoms with Gasteiger partial charge in [-0.25, -0.2) is 20.4 Å². The number of hydrogen-bond donors (Lipinski definition) is 7. The highest BCUT2D eigenvalue weighted by atomic mass is 32.2. The van der Waals surface area contributed by atoms with Gasteiger partial charge in [-0.3, -0.25) is 9.59 Å². The van der Waals surface area contributed by atoms with Crippen LogP contribution in [-0.2, 0) is 19.1 Å². The lowest BCUT2D eigenvalue weighted by Gasteiger charge is -2.35. The minimum atomic E-state index is -1.37. The number of fused-ring (bicyclic) bond motifs is 2. The first-order valence-electron chi connectivity index (χ1n) is 20.0. The standard InChI is InChI=1S/C37H60N8O6S/c1-51-27-16-14-23(15-17-27)30-31(33-38-18-19-52-33)43-45(42-30)26-20-29-32(46)41-37(35(48)49)21-24(37)10-6-3-2-4-9-13-28(34(47)44(29)22-26)40-36(50)39-25-11-7-5-8-12-25/h6,10,23-31,33,38,42-43H,2-5,7-9,11-22H2,1H3,(H,41,46)(H,48,49)(H2,39,40,50)/b10-6-/t23?,24-,26-,27?,28+,29+,30?,31?,33?,37-/m1/s1. The number of methoxy groups -OCH3 is 1. The first kappa shape index (κ1) is 37.9. The molecule has 6 fully saturated rings. The molecule has 4 aliphatic heterocycles. The van der Waals surface area contributed by atoms with Gasteiger partial charge in [0.25, 0.3) is 0 Å². The van der Waals surface area contributed by atoms with E-state index in [-0.39, 0.29) is 53.9 Å². The van der Waals surface area contributed by atoms with Crippen LogP contribution >= 0.6 is 11.8 Å². The molecule has 0 bridgehead atoms. The van der Waals surface area contributed by atoms with Crippen LogP contribution in [-0.4, -0.2) is 118 Å². The molecule has 0 aromatic carbocycles. The number of aliphatic carboxylic acids is 1. The third-order valence-electron chi connectivity index (χ3n) is 12.8. The highest BCUT2D eigenvalue weighted by Crippen LogP contribution is 2.45. The number of nitrogens with zero attached hydrogens (tertiary/aromatic N) is 2. The number of allylic oxidation sites excluding steroid dienone is 1. The predicted octanol–water partition coefficient (Wildman–Crippen LogP) is 2.37. The Balaban J connectivity index is 1.12. The molecule has 7 rings (SSSR count). The van der Waals surface area contributed by atoms with Gasteiger partial charge >= 0.3 is 12.0 Å². The van der Waals surface area contributed by atoms with Crippen molar-refractivity contribution in [3.8, 4) is 0 Å². The van der Waals surface area contributed by atoms with E-state index in [1.807, 2.05) is 29.0 Å². The Morgan fingerprint density at radius 3 is 2.44 bits per heavy atom. The largest absolute Gasteiger partial charge is 0.479 e. The number of carbonyl (C=O) groups excluding carboxylic acids is 3. The summed E-state index contributed by atoms with van der Waals surface area (Å²) in [4.78, 5) is 56.4. The average Bonchev–Trinajstić information content (AvgIpc) is 3.60. The fraction of sp³-hybridized carbons (Fsp3) is 0.838. The number of carboxylic acids is 1. The quantitative estimate of drug-likeness (QED) is 0.191. The molecule has 14 nitrogen and oxygen atoms in total. The number of urea groups is 1. The molecule has 0 aromatic heterocycles. The van der Waals surface area contributed by atoms with Crippen LogP contribution in [0, 0.1) is 11.8 Å². The first-order chi connectivity index (χ1) is 25.3. The second-order valence-corrected chi connectivity index (χ2v) is 17.5. The number of carboxylic acid groups (broad SMARTS) is 1. The van der Waals surface area contributed by atoms with Gasteiger partial charge in [-0.15, -0.1) is 11.8 Å². The zero-order valence-corrected chi connectivity index (χ0v) is 31.5. The molecule has 15 heteroatoms. The van der Waals surface area contributed by atoms with Gasteiger partial charge in [-0.1, -0.05) is 44.3 Å². The number of thioether (sulfide) groups is 1. The van der Waals surface area contributed by atoms with E-state index in [2.05, 4.69) is 32.1 Å². The molecule has 0 radical (unpaired) electrons.